The molecule has 0 unspecified atom stereocenters. The number of rotatable bonds is 5. The van der Waals surface area contributed by atoms with Crippen LogP contribution in [0.5, 0.6) is 0 Å². The number of esters is 1. The number of benzene rings is 1. The van der Waals surface area contributed by atoms with Crippen LogP contribution in [0, 0.1) is 6.92 Å². The fraction of sp³-hybridized carbons (Fsp3) is 0.348. The topological polar surface area (TPSA) is 121 Å². The molecule has 0 atom stereocenters. The van der Waals surface area contributed by atoms with Gasteiger partial charge in [-0.25, -0.2) is 9.59 Å². The molecule has 0 spiro atoms. The fourth-order valence-corrected chi connectivity index (χ4v) is 3.06. The molecular formula is C23H27N5O5. The molecule has 1 N–H and O–H groups in total. The van der Waals surface area contributed by atoms with Gasteiger partial charge in [-0.1, -0.05) is 11.2 Å². The van der Waals surface area contributed by atoms with Gasteiger partial charge >= 0.3 is 12.1 Å². The number of carbonyl (C=O) groups excluding carboxylic acids is 2. The summed E-state index contributed by atoms with van der Waals surface area (Å²) in [6.07, 6.45) is 1.24. The van der Waals surface area contributed by atoms with Crippen molar-refractivity contribution in [2.45, 2.75) is 40.2 Å². The molecule has 0 aliphatic carbocycles. The Morgan fingerprint density at radius 3 is 2.55 bits per heavy atom. The number of anilines is 1. The SMILES string of the molecule is COC(=O)c1cc(-c2ccc(NC(=O)OC(C)(C)C)c(/C=C(\C)c3nc(C)no3)c2)n(C)n1. The molecule has 3 rings (SSSR count). The number of carbonyl (C=O) groups is 2. The summed E-state index contributed by atoms with van der Waals surface area (Å²) in [5.41, 5.74) is 2.93. The Labute approximate surface area is 191 Å². The molecule has 0 radical (unpaired) electrons. The minimum absolute atomic E-state index is 0.195. The molecule has 0 saturated carbocycles. The third-order valence-electron chi connectivity index (χ3n) is 4.49. The number of methoxy groups -OCH3 is 1. The maximum Gasteiger partial charge on any atom is 0.412 e. The fourth-order valence-electron chi connectivity index (χ4n) is 3.06. The Balaban J connectivity index is 2.05. The maximum atomic E-state index is 12.4. The molecule has 2 heterocycles. The zero-order valence-electron chi connectivity index (χ0n) is 19.7. The lowest BCUT2D eigenvalue weighted by Gasteiger charge is -2.20. The molecular weight excluding hydrogens is 426 g/mol. The molecule has 0 bridgehead atoms. The van der Waals surface area contributed by atoms with Gasteiger partial charge in [-0.3, -0.25) is 10.00 Å². The van der Waals surface area contributed by atoms with Gasteiger partial charge in [0, 0.05) is 18.2 Å². The van der Waals surface area contributed by atoms with Crippen LogP contribution in [-0.2, 0) is 16.5 Å². The Morgan fingerprint density at radius 1 is 1.21 bits per heavy atom. The van der Waals surface area contributed by atoms with Crippen LogP contribution in [0.1, 0.15) is 55.5 Å². The third kappa shape index (κ3) is 5.85. The van der Waals surface area contributed by atoms with Crippen LogP contribution in [0.3, 0.4) is 0 Å². The van der Waals surface area contributed by atoms with Gasteiger partial charge in [0.25, 0.3) is 5.89 Å². The summed E-state index contributed by atoms with van der Waals surface area (Å²) in [5, 5.41) is 10.8. The predicted octanol–water partition coefficient (Wildman–Crippen LogP) is 4.47. The number of hydrogen-bond acceptors (Lipinski definition) is 8. The summed E-state index contributed by atoms with van der Waals surface area (Å²) in [4.78, 5) is 28.5. The van der Waals surface area contributed by atoms with Crippen molar-refractivity contribution in [2.75, 3.05) is 12.4 Å². The zero-order valence-corrected chi connectivity index (χ0v) is 19.7. The van der Waals surface area contributed by atoms with Crippen molar-refractivity contribution in [1.29, 1.82) is 0 Å². The second-order valence-electron chi connectivity index (χ2n) is 8.43. The van der Waals surface area contributed by atoms with Crippen LogP contribution < -0.4 is 5.32 Å². The maximum absolute atomic E-state index is 12.4. The molecule has 0 fully saturated rings. The van der Waals surface area contributed by atoms with Crippen LogP contribution >= 0.6 is 0 Å². The van der Waals surface area contributed by atoms with Crippen molar-refractivity contribution in [1.82, 2.24) is 19.9 Å². The number of ether oxygens (including phenoxy) is 2. The Morgan fingerprint density at radius 2 is 1.94 bits per heavy atom. The first kappa shape index (κ1) is 23.7. The highest BCUT2D eigenvalue weighted by atomic mass is 16.6. The van der Waals surface area contributed by atoms with Gasteiger partial charge in [-0.2, -0.15) is 10.1 Å². The Hall–Kier alpha value is -3.95. The van der Waals surface area contributed by atoms with Crippen LogP contribution in [-0.4, -0.2) is 44.7 Å². The second-order valence-corrected chi connectivity index (χ2v) is 8.43. The number of aromatic nitrogens is 4. The standard InChI is InChI=1S/C23H27N5O5/c1-13(20-24-14(2)27-33-20)10-16-11-15(19-12-18(21(29)31-7)26-28(19)6)8-9-17(16)25-22(30)32-23(3,4)5/h8-12H,1-7H3,(H,25,30)/b13-10+. The van der Waals surface area contributed by atoms with E-state index in [1.165, 1.54) is 7.11 Å². The molecule has 10 heteroatoms. The van der Waals surface area contributed by atoms with Gasteiger partial charge < -0.3 is 14.0 Å². The molecule has 1 aromatic carbocycles. The van der Waals surface area contributed by atoms with Crippen LogP contribution in [0.4, 0.5) is 10.5 Å². The second kappa shape index (κ2) is 9.27. The quantitative estimate of drug-likeness (QED) is 0.562. The van der Waals surface area contributed by atoms with Crippen LogP contribution in [0.15, 0.2) is 28.8 Å². The summed E-state index contributed by atoms with van der Waals surface area (Å²) >= 11 is 0. The first-order valence-corrected chi connectivity index (χ1v) is 10.2. The van der Waals surface area contributed by atoms with E-state index in [-0.39, 0.29) is 5.69 Å². The van der Waals surface area contributed by atoms with Crippen molar-refractivity contribution in [3.63, 3.8) is 0 Å². The smallest absolute Gasteiger partial charge is 0.412 e. The highest BCUT2D eigenvalue weighted by Gasteiger charge is 2.19. The van der Waals surface area contributed by atoms with E-state index in [0.29, 0.717) is 34.2 Å². The highest BCUT2D eigenvalue weighted by molar-refractivity contribution is 5.92. The predicted molar refractivity (Wildman–Crippen MR) is 122 cm³/mol. The molecule has 3 aromatic rings. The minimum atomic E-state index is -0.643. The first-order chi connectivity index (χ1) is 15.5. The monoisotopic (exact) mass is 453 g/mol. The molecule has 174 valence electrons. The average molecular weight is 453 g/mol. The van der Waals surface area contributed by atoms with Gasteiger partial charge in [0.2, 0.25) is 0 Å². The number of aryl methyl sites for hydroxylation is 2. The van der Waals surface area contributed by atoms with E-state index in [9.17, 15) is 9.59 Å². The molecule has 0 saturated heterocycles. The van der Waals surface area contributed by atoms with Crippen LogP contribution in [0.2, 0.25) is 0 Å². The molecule has 0 aliphatic rings. The summed E-state index contributed by atoms with van der Waals surface area (Å²) in [6, 6.07) is 7.07. The molecule has 33 heavy (non-hydrogen) atoms. The molecule has 2 aromatic heterocycles. The largest absolute Gasteiger partial charge is 0.464 e. The number of hydrogen-bond donors (Lipinski definition) is 1. The molecule has 0 aliphatic heterocycles. The summed E-state index contributed by atoms with van der Waals surface area (Å²) in [7, 11) is 3.04. The van der Waals surface area contributed by atoms with Gasteiger partial charge in [-0.05, 0) is 64.5 Å². The van der Waals surface area contributed by atoms with Gasteiger partial charge in [-0.15, -0.1) is 0 Å². The van der Waals surface area contributed by atoms with Crippen molar-refractivity contribution >= 4 is 29.4 Å². The van der Waals surface area contributed by atoms with Crippen molar-refractivity contribution in [3.8, 4) is 11.3 Å². The zero-order chi connectivity index (χ0) is 24.3. The minimum Gasteiger partial charge on any atom is -0.464 e. The normalized spacial score (nSPS) is 11.9. The van der Waals surface area contributed by atoms with Gasteiger partial charge in [0.05, 0.1) is 18.5 Å². The van der Waals surface area contributed by atoms with Crippen molar-refractivity contribution < 1.29 is 23.6 Å². The molecule has 1 amide bonds. The summed E-state index contributed by atoms with van der Waals surface area (Å²) in [5.74, 6) is 0.362. The first-order valence-electron chi connectivity index (χ1n) is 10.2. The van der Waals surface area contributed by atoms with Crippen LogP contribution in [0.25, 0.3) is 22.9 Å². The number of nitrogens with one attached hydrogen (secondary N) is 1. The summed E-state index contributed by atoms with van der Waals surface area (Å²) in [6.45, 7) is 8.94. The lowest BCUT2D eigenvalue weighted by molar-refractivity contribution is 0.0591. The lowest BCUT2D eigenvalue weighted by Crippen LogP contribution is -2.27. The number of allylic oxidation sites excluding steroid dienone is 1. The van der Waals surface area contributed by atoms with Gasteiger partial charge in [0.1, 0.15) is 5.60 Å². The van der Waals surface area contributed by atoms with E-state index in [2.05, 4.69) is 20.6 Å². The van der Waals surface area contributed by atoms with Crippen molar-refractivity contribution in [3.05, 3.63) is 47.2 Å². The third-order valence-corrected chi connectivity index (χ3v) is 4.49. The van der Waals surface area contributed by atoms with E-state index in [1.54, 1.807) is 51.6 Å². The van der Waals surface area contributed by atoms with Gasteiger partial charge in [0.15, 0.2) is 11.5 Å². The van der Waals surface area contributed by atoms with E-state index >= 15 is 0 Å². The number of amides is 1. The average Bonchev–Trinajstić information content (AvgIpc) is 3.33. The van der Waals surface area contributed by atoms with E-state index in [0.717, 1.165) is 5.56 Å². The molecule has 10 nitrogen and oxygen atoms in total. The Kier molecular flexibility index (Phi) is 6.66. The lowest BCUT2D eigenvalue weighted by atomic mass is 10.0. The number of nitrogens with zero attached hydrogens (tertiary/aromatic N) is 4. The Bertz CT molecular complexity index is 1220. The van der Waals surface area contributed by atoms with Crippen molar-refractivity contribution in [2.24, 2.45) is 7.05 Å². The highest BCUT2D eigenvalue weighted by Crippen LogP contribution is 2.29. The van der Waals surface area contributed by atoms with E-state index in [4.69, 9.17) is 14.0 Å². The van der Waals surface area contributed by atoms with E-state index < -0.39 is 17.7 Å². The van der Waals surface area contributed by atoms with E-state index in [1.807, 2.05) is 25.1 Å². The summed E-state index contributed by atoms with van der Waals surface area (Å²) < 4.78 is 17.0.